The van der Waals surface area contributed by atoms with Crippen molar-refractivity contribution in [1.82, 2.24) is 5.32 Å². The summed E-state index contributed by atoms with van der Waals surface area (Å²) < 4.78 is 23.0. The van der Waals surface area contributed by atoms with Crippen LogP contribution in [0.3, 0.4) is 0 Å². The second kappa shape index (κ2) is 30.3. The number of hydrogen-bond acceptors (Lipinski definition) is 6. The molecule has 0 heterocycles. The molecular weight excluding hydrogens is 611 g/mol. The van der Waals surface area contributed by atoms with Crippen LogP contribution in [0, 0.1) is 0 Å². The smallest absolute Gasteiger partial charge is 0.268 e. The summed E-state index contributed by atoms with van der Waals surface area (Å²) in [7, 11) is 1.20. The van der Waals surface area contributed by atoms with Gasteiger partial charge in [-0.1, -0.05) is 132 Å². The predicted octanol–water partition coefficient (Wildman–Crippen LogP) is 8.49. The van der Waals surface area contributed by atoms with Crippen LogP contribution in [0.5, 0.6) is 0 Å². The van der Waals surface area contributed by atoms with E-state index in [1.54, 1.807) is 6.08 Å². The molecule has 3 atom stereocenters. The van der Waals surface area contributed by atoms with Crippen LogP contribution in [0.2, 0.25) is 0 Å². The van der Waals surface area contributed by atoms with Crippen LogP contribution in [-0.4, -0.2) is 68.5 Å². The third kappa shape index (κ3) is 32.5. The van der Waals surface area contributed by atoms with E-state index in [1.807, 2.05) is 39.4 Å². The van der Waals surface area contributed by atoms with E-state index in [4.69, 9.17) is 9.05 Å². The van der Waals surface area contributed by atoms with Crippen molar-refractivity contribution in [1.29, 1.82) is 0 Å². The number of phosphoric acid groups is 1. The van der Waals surface area contributed by atoms with Crippen molar-refractivity contribution >= 4 is 13.7 Å². The van der Waals surface area contributed by atoms with Crippen LogP contribution in [0.1, 0.15) is 123 Å². The van der Waals surface area contributed by atoms with Crippen molar-refractivity contribution in [2.75, 3.05) is 40.9 Å². The van der Waals surface area contributed by atoms with E-state index in [1.165, 1.54) is 51.4 Å². The average Bonchev–Trinajstić information content (AvgIpc) is 3.01. The van der Waals surface area contributed by atoms with Gasteiger partial charge in [-0.25, -0.2) is 0 Å². The molecule has 47 heavy (non-hydrogen) atoms. The number of allylic oxidation sites excluding steroid dienone is 9. The Morgan fingerprint density at radius 3 is 1.85 bits per heavy atom. The Kier molecular flexibility index (Phi) is 29.1. The lowest BCUT2D eigenvalue weighted by Crippen LogP contribution is -2.45. The highest BCUT2D eigenvalue weighted by molar-refractivity contribution is 7.45. The van der Waals surface area contributed by atoms with Crippen LogP contribution in [0.15, 0.2) is 60.8 Å². The van der Waals surface area contributed by atoms with Gasteiger partial charge in [-0.05, 0) is 44.9 Å². The van der Waals surface area contributed by atoms with Crippen LogP contribution < -0.4 is 10.2 Å². The monoisotopic (exact) mass is 680 g/mol. The largest absolute Gasteiger partial charge is 0.756 e. The summed E-state index contributed by atoms with van der Waals surface area (Å²) in [6.07, 6.45) is 37.1. The molecule has 0 saturated carbocycles. The van der Waals surface area contributed by atoms with Crippen LogP contribution >= 0.6 is 7.82 Å². The molecule has 0 aromatic carbocycles. The van der Waals surface area contributed by atoms with Gasteiger partial charge in [-0.3, -0.25) is 9.36 Å². The van der Waals surface area contributed by atoms with Crippen molar-refractivity contribution in [3.05, 3.63) is 60.8 Å². The molecule has 0 rings (SSSR count). The lowest BCUT2D eigenvalue weighted by molar-refractivity contribution is -0.870. The zero-order valence-corrected chi connectivity index (χ0v) is 31.3. The molecule has 0 aliphatic heterocycles. The van der Waals surface area contributed by atoms with Crippen molar-refractivity contribution in [2.45, 2.75) is 135 Å². The number of unbranched alkanes of at least 4 members (excludes halogenated alkanes) is 10. The van der Waals surface area contributed by atoms with Crippen molar-refractivity contribution < 1.29 is 32.9 Å². The summed E-state index contributed by atoms with van der Waals surface area (Å²) >= 11 is 0. The Labute approximate surface area is 288 Å². The first-order chi connectivity index (χ1) is 22.5. The first-order valence-electron chi connectivity index (χ1n) is 18.2. The quantitative estimate of drug-likeness (QED) is 0.0329. The molecule has 272 valence electrons. The summed E-state index contributed by atoms with van der Waals surface area (Å²) in [5, 5.41) is 13.6. The number of rotatable bonds is 31. The summed E-state index contributed by atoms with van der Waals surface area (Å²) in [6, 6.07) is -0.923. The number of aliphatic hydroxyl groups is 1. The maximum atomic E-state index is 12.7. The number of amides is 1. The summed E-state index contributed by atoms with van der Waals surface area (Å²) in [6.45, 7) is 4.42. The molecule has 2 N–H and O–H groups in total. The SMILES string of the molecule is CC/C=C\C/C=C\C/C=C\C/C=C\CCC(=O)NC(COP(=O)([O-])OCC[N+](C)(C)C)C(O)/C=C/CCCCCCCCCCCC. The molecule has 0 aliphatic rings. The second-order valence-corrected chi connectivity index (χ2v) is 14.6. The topological polar surface area (TPSA) is 108 Å². The normalized spacial score (nSPS) is 15.5. The Bertz CT molecular complexity index is 954. The van der Waals surface area contributed by atoms with E-state index in [2.05, 4.69) is 55.6 Å². The van der Waals surface area contributed by atoms with Crippen molar-refractivity contribution in [2.24, 2.45) is 0 Å². The minimum atomic E-state index is -4.60. The molecule has 9 heteroatoms. The number of carbonyl (C=O) groups is 1. The fraction of sp³-hybridized carbons (Fsp3) is 0.711. The fourth-order valence-electron chi connectivity index (χ4n) is 4.57. The van der Waals surface area contributed by atoms with Crippen LogP contribution in [-0.2, 0) is 18.4 Å². The summed E-state index contributed by atoms with van der Waals surface area (Å²) in [4.78, 5) is 25.1. The van der Waals surface area contributed by atoms with Gasteiger partial charge in [-0.2, -0.15) is 0 Å². The van der Waals surface area contributed by atoms with Crippen molar-refractivity contribution in [3.8, 4) is 0 Å². The van der Waals surface area contributed by atoms with E-state index in [0.717, 1.165) is 44.9 Å². The first-order valence-corrected chi connectivity index (χ1v) is 19.6. The Morgan fingerprint density at radius 2 is 1.30 bits per heavy atom. The molecule has 0 aromatic rings. The molecule has 3 unspecified atom stereocenters. The van der Waals surface area contributed by atoms with Gasteiger partial charge < -0.3 is 28.8 Å². The molecule has 0 radical (unpaired) electrons. The van der Waals surface area contributed by atoms with Gasteiger partial charge in [0.15, 0.2) is 0 Å². The molecule has 8 nitrogen and oxygen atoms in total. The lowest BCUT2D eigenvalue weighted by Gasteiger charge is -2.29. The molecule has 0 spiro atoms. The Hall–Kier alpha value is -1.80. The number of hydrogen-bond donors (Lipinski definition) is 2. The molecule has 1 amide bonds. The number of aliphatic hydroxyl groups excluding tert-OH is 1. The van der Waals surface area contributed by atoms with Crippen molar-refractivity contribution in [3.63, 3.8) is 0 Å². The van der Waals surface area contributed by atoms with Crippen LogP contribution in [0.25, 0.3) is 0 Å². The average molecular weight is 681 g/mol. The van der Waals surface area contributed by atoms with Gasteiger partial charge in [0.25, 0.3) is 7.82 Å². The number of nitrogens with zero attached hydrogens (tertiary/aromatic N) is 1. The molecule has 0 bridgehead atoms. The number of phosphoric ester groups is 1. The van der Waals surface area contributed by atoms with Gasteiger partial charge in [0.1, 0.15) is 13.2 Å². The molecular formula is C38H69N2O6P. The minimum absolute atomic E-state index is 0.0164. The predicted molar refractivity (Wildman–Crippen MR) is 196 cm³/mol. The fourth-order valence-corrected chi connectivity index (χ4v) is 5.29. The third-order valence-electron chi connectivity index (χ3n) is 7.50. The Morgan fingerprint density at radius 1 is 0.766 bits per heavy atom. The standard InChI is InChI=1S/C38H69N2O6P/c1-6-8-10-12-14-16-18-20-22-24-26-28-30-32-38(42)39-36(35-46-47(43,44)45-34-33-40(3,4)5)37(41)31-29-27-25-23-21-19-17-15-13-11-9-7-2/h8,10,14,16,20,22,26,28-29,31,36-37,41H,6-7,9,11-13,15,17-19,21,23-25,27,30,32-35H2,1-5H3,(H-,39,42,43,44)/b10-8-,16-14-,22-20-,28-26-,31-29+. The number of nitrogens with one attached hydrogen (secondary N) is 1. The van der Waals surface area contributed by atoms with Gasteiger partial charge in [0, 0.05) is 6.42 Å². The molecule has 0 aliphatic carbocycles. The zero-order chi connectivity index (χ0) is 35.1. The molecule has 0 aromatic heterocycles. The summed E-state index contributed by atoms with van der Waals surface area (Å²) in [5.41, 5.74) is 0. The van der Waals surface area contributed by atoms with E-state index >= 15 is 0 Å². The number of quaternary nitrogens is 1. The highest BCUT2D eigenvalue weighted by Gasteiger charge is 2.23. The third-order valence-corrected chi connectivity index (χ3v) is 8.46. The van der Waals surface area contributed by atoms with Gasteiger partial charge >= 0.3 is 0 Å². The van der Waals surface area contributed by atoms with Gasteiger partial charge in [0.2, 0.25) is 5.91 Å². The number of carbonyl (C=O) groups excluding carboxylic acids is 1. The molecule has 0 saturated heterocycles. The maximum Gasteiger partial charge on any atom is 0.268 e. The summed E-state index contributed by atoms with van der Waals surface area (Å²) in [5.74, 6) is -0.283. The zero-order valence-electron chi connectivity index (χ0n) is 30.5. The van der Waals surface area contributed by atoms with Gasteiger partial charge in [-0.15, -0.1) is 0 Å². The van der Waals surface area contributed by atoms with E-state index in [0.29, 0.717) is 17.4 Å². The van der Waals surface area contributed by atoms with Crippen LogP contribution in [0.4, 0.5) is 0 Å². The highest BCUT2D eigenvalue weighted by atomic mass is 31.2. The lowest BCUT2D eigenvalue weighted by atomic mass is 10.1. The Balaban J connectivity index is 4.72. The van der Waals surface area contributed by atoms with E-state index in [9.17, 15) is 19.4 Å². The first kappa shape index (κ1) is 45.2. The maximum absolute atomic E-state index is 12.7. The second-order valence-electron chi connectivity index (χ2n) is 13.2. The molecule has 0 fully saturated rings. The minimum Gasteiger partial charge on any atom is -0.756 e. The van der Waals surface area contributed by atoms with Gasteiger partial charge in [0.05, 0.1) is 39.9 Å². The van der Waals surface area contributed by atoms with E-state index in [-0.39, 0.29) is 18.9 Å². The van der Waals surface area contributed by atoms with E-state index < -0.39 is 26.6 Å². The highest BCUT2D eigenvalue weighted by Crippen LogP contribution is 2.38. The number of likely N-dealkylation sites (N-methyl/N-ethyl adjacent to an activating group) is 1.